The highest BCUT2D eigenvalue weighted by molar-refractivity contribution is 7.13. The summed E-state index contributed by atoms with van der Waals surface area (Å²) in [6.45, 7) is 9.90. The summed E-state index contributed by atoms with van der Waals surface area (Å²) in [6.07, 6.45) is 2.05. The molecule has 1 aromatic heterocycles. The standard InChI is InChI=1S/C14H23N3OS/c1-5-11-8-17(12(6-2)7-15-11)14(18)13-9(3)16-10(4)19-13/h11-12,15H,5-8H2,1-4H3. The molecule has 0 spiro atoms. The van der Waals surface area contributed by atoms with E-state index >= 15 is 0 Å². The van der Waals surface area contributed by atoms with Crippen molar-refractivity contribution in [1.29, 1.82) is 0 Å². The first-order valence-electron chi connectivity index (χ1n) is 7.05. The van der Waals surface area contributed by atoms with Crippen molar-refractivity contribution >= 4 is 17.2 Å². The van der Waals surface area contributed by atoms with Crippen LogP contribution in [0.25, 0.3) is 0 Å². The number of amides is 1. The van der Waals surface area contributed by atoms with Crippen LogP contribution in [-0.4, -0.2) is 41.0 Å². The van der Waals surface area contributed by atoms with Crippen molar-refractivity contribution in [2.24, 2.45) is 0 Å². The highest BCUT2D eigenvalue weighted by Crippen LogP contribution is 2.22. The molecule has 1 fully saturated rings. The van der Waals surface area contributed by atoms with Crippen LogP contribution in [0.3, 0.4) is 0 Å². The van der Waals surface area contributed by atoms with Gasteiger partial charge in [-0.25, -0.2) is 4.98 Å². The van der Waals surface area contributed by atoms with Gasteiger partial charge in [0.05, 0.1) is 10.7 Å². The third-order valence-corrected chi connectivity index (χ3v) is 4.88. The molecule has 19 heavy (non-hydrogen) atoms. The smallest absolute Gasteiger partial charge is 0.266 e. The summed E-state index contributed by atoms with van der Waals surface area (Å²) < 4.78 is 0. The Morgan fingerprint density at radius 2 is 2.16 bits per heavy atom. The quantitative estimate of drug-likeness (QED) is 0.925. The summed E-state index contributed by atoms with van der Waals surface area (Å²) in [5, 5.41) is 4.49. The van der Waals surface area contributed by atoms with Crippen LogP contribution in [0.4, 0.5) is 0 Å². The largest absolute Gasteiger partial charge is 0.332 e. The number of hydrogen-bond donors (Lipinski definition) is 1. The number of thiazole rings is 1. The average Bonchev–Trinajstić information content (AvgIpc) is 2.76. The Hall–Kier alpha value is -0.940. The molecule has 1 aromatic rings. The fourth-order valence-corrected chi connectivity index (χ4v) is 3.49. The van der Waals surface area contributed by atoms with Crippen molar-refractivity contribution in [3.8, 4) is 0 Å². The number of piperazine rings is 1. The summed E-state index contributed by atoms with van der Waals surface area (Å²) in [4.78, 5) is 20.0. The minimum Gasteiger partial charge on any atom is -0.332 e. The van der Waals surface area contributed by atoms with Crippen molar-refractivity contribution in [1.82, 2.24) is 15.2 Å². The van der Waals surface area contributed by atoms with Crippen LogP contribution >= 0.6 is 11.3 Å². The molecule has 2 rings (SSSR count). The molecule has 0 radical (unpaired) electrons. The van der Waals surface area contributed by atoms with E-state index in [0.717, 1.165) is 41.5 Å². The molecule has 0 saturated carbocycles. The zero-order valence-corrected chi connectivity index (χ0v) is 13.0. The molecular weight excluding hydrogens is 258 g/mol. The Kier molecular flexibility index (Phi) is 4.58. The number of aromatic nitrogens is 1. The number of carbonyl (C=O) groups is 1. The summed E-state index contributed by atoms with van der Waals surface area (Å²) >= 11 is 1.51. The molecular formula is C14H23N3OS. The normalized spacial score (nSPS) is 23.7. The third-order valence-electron chi connectivity index (χ3n) is 3.82. The fraction of sp³-hybridized carbons (Fsp3) is 0.714. The molecule has 2 unspecified atom stereocenters. The van der Waals surface area contributed by atoms with E-state index in [-0.39, 0.29) is 5.91 Å². The minimum atomic E-state index is 0.162. The van der Waals surface area contributed by atoms with Crippen molar-refractivity contribution < 1.29 is 4.79 Å². The zero-order valence-electron chi connectivity index (χ0n) is 12.2. The van der Waals surface area contributed by atoms with Gasteiger partial charge in [-0.05, 0) is 26.7 Å². The lowest BCUT2D eigenvalue weighted by atomic mass is 10.0. The van der Waals surface area contributed by atoms with E-state index in [1.54, 1.807) is 0 Å². The maximum atomic E-state index is 12.7. The predicted molar refractivity (Wildman–Crippen MR) is 78.8 cm³/mol. The molecule has 1 aliphatic heterocycles. The molecule has 0 aliphatic carbocycles. The molecule has 1 N–H and O–H groups in total. The molecule has 4 nitrogen and oxygen atoms in total. The molecule has 1 amide bonds. The number of nitrogens with one attached hydrogen (secondary N) is 1. The molecule has 1 saturated heterocycles. The van der Waals surface area contributed by atoms with Gasteiger partial charge in [0.2, 0.25) is 0 Å². The second-order valence-corrected chi connectivity index (χ2v) is 6.38. The molecule has 2 atom stereocenters. The van der Waals surface area contributed by atoms with E-state index in [0.29, 0.717) is 12.1 Å². The molecule has 1 aliphatic rings. The van der Waals surface area contributed by atoms with Gasteiger partial charge in [0.15, 0.2) is 0 Å². The van der Waals surface area contributed by atoms with Gasteiger partial charge >= 0.3 is 0 Å². The summed E-state index contributed by atoms with van der Waals surface area (Å²) in [5.74, 6) is 0.162. The summed E-state index contributed by atoms with van der Waals surface area (Å²) in [7, 11) is 0. The van der Waals surface area contributed by atoms with E-state index in [1.807, 2.05) is 18.7 Å². The van der Waals surface area contributed by atoms with Gasteiger partial charge in [-0.1, -0.05) is 13.8 Å². The number of nitrogens with zero attached hydrogens (tertiary/aromatic N) is 2. The molecule has 106 valence electrons. The van der Waals surface area contributed by atoms with Crippen LogP contribution in [-0.2, 0) is 0 Å². The Bertz CT molecular complexity index is 458. The van der Waals surface area contributed by atoms with E-state index in [4.69, 9.17) is 0 Å². The van der Waals surface area contributed by atoms with Crippen molar-refractivity contribution in [2.45, 2.75) is 52.6 Å². The topological polar surface area (TPSA) is 45.2 Å². The number of carbonyl (C=O) groups excluding carboxylic acids is 1. The maximum absolute atomic E-state index is 12.7. The van der Waals surface area contributed by atoms with Crippen LogP contribution in [0.1, 0.15) is 47.1 Å². The molecule has 2 heterocycles. The summed E-state index contributed by atoms with van der Waals surface area (Å²) in [6, 6.07) is 0.721. The van der Waals surface area contributed by atoms with Gasteiger partial charge in [-0.15, -0.1) is 11.3 Å². The second kappa shape index (κ2) is 6.01. The Morgan fingerprint density at radius 3 is 2.68 bits per heavy atom. The number of rotatable bonds is 3. The lowest BCUT2D eigenvalue weighted by Crippen LogP contribution is -2.57. The Morgan fingerprint density at radius 1 is 1.42 bits per heavy atom. The van der Waals surface area contributed by atoms with Gasteiger partial charge in [-0.2, -0.15) is 0 Å². The van der Waals surface area contributed by atoms with Crippen molar-refractivity contribution in [3.63, 3.8) is 0 Å². The highest BCUT2D eigenvalue weighted by atomic mass is 32.1. The monoisotopic (exact) mass is 281 g/mol. The first-order valence-corrected chi connectivity index (χ1v) is 7.86. The third kappa shape index (κ3) is 2.98. The first-order chi connectivity index (χ1) is 9.06. The van der Waals surface area contributed by atoms with Crippen LogP contribution in [0, 0.1) is 13.8 Å². The lowest BCUT2D eigenvalue weighted by Gasteiger charge is -2.39. The van der Waals surface area contributed by atoms with E-state index < -0.39 is 0 Å². The van der Waals surface area contributed by atoms with Crippen LogP contribution in [0.2, 0.25) is 0 Å². The van der Waals surface area contributed by atoms with Gasteiger partial charge in [-0.3, -0.25) is 4.79 Å². The number of hydrogen-bond acceptors (Lipinski definition) is 4. The molecule has 0 bridgehead atoms. The zero-order chi connectivity index (χ0) is 14.0. The molecule has 0 aromatic carbocycles. The molecule has 5 heteroatoms. The van der Waals surface area contributed by atoms with E-state index in [9.17, 15) is 4.79 Å². The Balaban J connectivity index is 2.21. The summed E-state index contributed by atoms with van der Waals surface area (Å²) in [5.41, 5.74) is 0.869. The fourth-order valence-electron chi connectivity index (χ4n) is 2.61. The minimum absolute atomic E-state index is 0.162. The second-order valence-electron chi connectivity index (χ2n) is 5.18. The van der Waals surface area contributed by atoms with Crippen molar-refractivity contribution in [2.75, 3.05) is 13.1 Å². The predicted octanol–water partition coefficient (Wildman–Crippen LogP) is 2.36. The highest BCUT2D eigenvalue weighted by Gasteiger charge is 2.31. The van der Waals surface area contributed by atoms with Gasteiger partial charge in [0, 0.05) is 25.2 Å². The average molecular weight is 281 g/mol. The Labute approximate surface area is 119 Å². The lowest BCUT2D eigenvalue weighted by molar-refractivity contribution is 0.0580. The van der Waals surface area contributed by atoms with Gasteiger partial charge in [0.25, 0.3) is 5.91 Å². The van der Waals surface area contributed by atoms with Gasteiger partial charge < -0.3 is 10.2 Å². The van der Waals surface area contributed by atoms with Crippen molar-refractivity contribution in [3.05, 3.63) is 15.6 Å². The van der Waals surface area contributed by atoms with Crippen LogP contribution < -0.4 is 5.32 Å². The van der Waals surface area contributed by atoms with Crippen LogP contribution in [0.5, 0.6) is 0 Å². The maximum Gasteiger partial charge on any atom is 0.266 e. The first kappa shape index (κ1) is 14.5. The van der Waals surface area contributed by atoms with Gasteiger partial charge in [0.1, 0.15) is 4.88 Å². The number of aryl methyl sites for hydroxylation is 2. The van der Waals surface area contributed by atoms with Crippen LogP contribution in [0.15, 0.2) is 0 Å². The SMILES string of the molecule is CCC1CN(C(=O)c2sc(C)nc2C)C(CC)CN1. The van der Waals surface area contributed by atoms with E-state index in [2.05, 4.69) is 24.1 Å². The van der Waals surface area contributed by atoms with E-state index in [1.165, 1.54) is 11.3 Å².